The largest absolute Gasteiger partial charge is 0.494 e. The summed E-state index contributed by atoms with van der Waals surface area (Å²) < 4.78 is 18.9. The quantitative estimate of drug-likeness (QED) is 0.859. The number of methoxy groups -OCH3 is 1. The summed E-state index contributed by atoms with van der Waals surface area (Å²) in [5.41, 5.74) is 0.231. The van der Waals surface area contributed by atoms with Gasteiger partial charge >= 0.3 is 5.97 Å². The Labute approximate surface area is 151 Å². The maximum absolute atomic E-state index is 14.0. The summed E-state index contributed by atoms with van der Waals surface area (Å²) in [5.74, 6) is -1.55. The van der Waals surface area contributed by atoms with Crippen molar-refractivity contribution in [1.29, 1.82) is 0 Å². The van der Waals surface area contributed by atoms with Gasteiger partial charge in [-0.05, 0) is 36.1 Å². The fourth-order valence-corrected chi connectivity index (χ4v) is 3.55. The third-order valence-electron chi connectivity index (χ3n) is 5.03. The Hall–Kier alpha value is -2.44. The Balaban J connectivity index is 1.79. The molecule has 2 aromatic carbocycles. The SMILES string of the molecule is COc1ccc([C@H](C(=O)O)N2CCC(O)(c3ccccc3)CC2)cc1F. The molecule has 0 radical (unpaired) electrons. The third kappa shape index (κ3) is 3.57. The van der Waals surface area contributed by atoms with Gasteiger partial charge in [0.15, 0.2) is 11.6 Å². The minimum atomic E-state index is -1.04. The fourth-order valence-electron chi connectivity index (χ4n) is 3.55. The molecule has 6 heteroatoms. The van der Waals surface area contributed by atoms with Crippen molar-refractivity contribution >= 4 is 5.97 Å². The minimum absolute atomic E-state index is 0.0787. The van der Waals surface area contributed by atoms with Crippen molar-refractivity contribution in [3.63, 3.8) is 0 Å². The molecule has 1 saturated heterocycles. The van der Waals surface area contributed by atoms with Crippen LogP contribution in [-0.4, -0.2) is 41.3 Å². The lowest BCUT2D eigenvalue weighted by atomic mass is 9.83. The molecule has 0 bridgehead atoms. The van der Waals surface area contributed by atoms with Crippen molar-refractivity contribution in [3.05, 3.63) is 65.5 Å². The van der Waals surface area contributed by atoms with Crippen LogP contribution in [0.15, 0.2) is 48.5 Å². The van der Waals surface area contributed by atoms with E-state index in [0.717, 1.165) is 5.56 Å². The molecule has 0 aliphatic carbocycles. The van der Waals surface area contributed by atoms with Gasteiger partial charge in [-0.2, -0.15) is 0 Å². The van der Waals surface area contributed by atoms with Crippen LogP contribution in [0, 0.1) is 5.82 Å². The van der Waals surface area contributed by atoms with Crippen molar-refractivity contribution in [2.45, 2.75) is 24.5 Å². The van der Waals surface area contributed by atoms with Crippen LogP contribution in [-0.2, 0) is 10.4 Å². The van der Waals surface area contributed by atoms with E-state index in [1.54, 1.807) is 11.0 Å². The molecule has 0 spiro atoms. The van der Waals surface area contributed by atoms with Gasteiger partial charge in [-0.25, -0.2) is 4.39 Å². The number of carboxylic acid groups (broad SMARTS) is 1. The lowest BCUT2D eigenvalue weighted by Gasteiger charge is -2.40. The van der Waals surface area contributed by atoms with E-state index in [1.165, 1.54) is 19.2 Å². The van der Waals surface area contributed by atoms with E-state index in [-0.39, 0.29) is 5.75 Å². The molecule has 2 aromatic rings. The summed E-state index contributed by atoms with van der Waals surface area (Å²) >= 11 is 0. The fraction of sp³-hybridized carbons (Fsp3) is 0.350. The predicted molar refractivity (Wildman–Crippen MR) is 94.5 cm³/mol. The molecule has 138 valence electrons. The van der Waals surface area contributed by atoms with Gasteiger partial charge in [0.1, 0.15) is 6.04 Å². The van der Waals surface area contributed by atoms with Crippen LogP contribution in [0.5, 0.6) is 5.75 Å². The Morgan fingerprint density at radius 2 is 1.85 bits per heavy atom. The molecule has 1 atom stereocenters. The molecule has 26 heavy (non-hydrogen) atoms. The van der Waals surface area contributed by atoms with Gasteiger partial charge in [0, 0.05) is 13.1 Å². The number of hydrogen-bond donors (Lipinski definition) is 2. The second-order valence-electron chi connectivity index (χ2n) is 6.57. The van der Waals surface area contributed by atoms with Gasteiger partial charge in [0.25, 0.3) is 0 Å². The van der Waals surface area contributed by atoms with Crippen LogP contribution in [0.25, 0.3) is 0 Å². The molecule has 0 aromatic heterocycles. The van der Waals surface area contributed by atoms with E-state index in [1.807, 2.05) is 30.3 Å². The molecule has 2 N–H and O–H groups in total. The van der Waals surface area contributed by atoms with Crippen LogP contribution >= 0.6 is 0 Å². The zero-order chi connectivity index (χ0) is 18.7. The Kier molecular flexibility index (Phi) is 5.25. The number of nitrogens with zero attached hydrogens (tertiary/aromatic N) is 1. The number of hydrogen-bond acceptors (Lipinski definition) is 4. The molecule has 1 aliphatic heterocycles. The number of aliphatic hydroxyl groups is 1. The summed E-state index contributed by atoms with van der Waals surface area (Å²) in [7, 11) is 1.36. The van der Waals surface area contributed by atoms with E-state index >= 15 is 0 Å². The van der Waals surface area contributed by atoms with Crippen molar-refractivity contribution < 1.29 is 24.1 Å². The Bertz CT molecular complexity index is 773. The number of carbonyl (C=O) groups is 1. The Morgan fingerprint density at radius 1 is 1.19 bits per heavy atom. The van der Waals surface area contributed by atoms with Gasteiger partial charge in [-0.3, -0.25) is 9.69 Å². The maximum atomic E-state index is 14.0. The number of ether oxygens (including phenoxy) is 1. The molecule has 1 aliphatic rings. The van der Waals surface area contributed by atoms with E-state index in [0.29, 0.717) is 31.5 Å². The molecule has 0 unspecified atom stereocenters. The van der Waals surface area contributed by atoms with Gasteiger partial charge in [0.2, 0.25) is 0 Å². The van der Waals surface area contributed by atoms with Crippen LogP contribution in [0.2, 0.25) is 0 Å². The first-order valence-electron chi connectivity index (χ1n) is 8.53. The molecule has 5 nitrogen and oxygen atoms in total. The van der Waals surface area contributed by atoms with Gasteiger partial charge in [-0.1, -0.05) is 36.4 Å². The lowest BCUT2D eigenvalue weighted by Crippen LogP contribution is -2.46. The monoisotopic (exact) mass is 359 g/mol. The summed E-state index contributed by atoms with van der Waals surface area (Å²) in [6.07, 6.45) is 0.832. The van der Waals surface area contributed by atoms with Crippen molar-refractivity contribution in [1.82, 2.24) is 4.90 Å². The number of benzene rings is 2. The molecule has 3 rings (SSSR count). The highest BCUT2D eigenvalue weighted by Gasteiger charge is 2.38. The molecular weight excluding hydrogens is 337 g/mol. The average molecular weight is 359 g/mol. The first-order valence-corrected chi connectivity index (χ1v) is 8.53. The lowest BCUT2D eigenvalue weighted by molar-refractivity contribution is -0.146. The number of carboxylic acids is 1. The molecule has 1 fully saturated rings. The highest BCUT2D eigenvalue weighted by atomic mass is 19.1. The average Bonchev–Trinajstić information content (AvgIpc) is 2.64. The molecule has 1 heterocycles. The zero-order valence-corrected chi connectivity index (χ0v) is 14.6. The summed E-state index contributed by atoms with van der Waals surface area (Å²) in [6, 6.07) is 12.6. The zero-order valence-electron chi connectivity index (χ0n) is 14.6. The number of piperidine rings is 1. The predicted octanol–water partition coefficient (Wildman–Crippen LogP) is 2.94. The Morgan fingerprint density at radius 3 is 2.38 bits per heavy atom. The molecule has 0 saturated carbocycles. The number of aliphatic carboxylic acids is 1. The minimum Gasteiger partial charge on any atom is -0.494 e. The summed E-state index contributed by atoms with van der Waals surface area (Å²) in [5, 5.41) is 20.6. The molecule has 0 amide bonds. The third-order valence-corrected chi connectivity index (χ3v) is 5.03. The summed E-state index contributed by atoms with van der Waals surface area (Å²) in [6.45, 7) is 0.798. The van der Waals surface area contributed by atoms with Crippen molar-refractivity contribution in [2.24, 2.45) is 0 Å². The van der Waals surface area contributed by atoms with E-state index in [9.17, 15) is 19.4 Å². The smallest absolute Gasteiger partial charge is 0.325 e. The number of rotatable bonds is 5. The van der Waals surface area contributed by atoms with Crippen LogP contribution in [0.4, 0.5) is 4.39 Å². The highest BCUT2D eigenvalue weighted by Crippen LogP contribution is 2.36. The molecular formula is C20H22FNO4. The number of likely N-dealkylation sites (tertiary alicyclic amines) is 1. The number of halogens is 1. The van der Waals surface area contributed by atoms with Crippen LogP contribution in [0.3, 0.4) is 0 Å². The standard InChI is InChI=1S/C20H22FNO4/c1-26-17-8-7-14(13-16(17)21)18(19(23)24)22-11-9-20(25,10-12-22)15-5-3-2-4-6-15/h2-8,13,18,25H,9-12H2,1H3,(H,23,24)/t18-/m1/s1. The van der Waals surface area contributed by atoms with Crippen LogP contribution in [0.1, 0.15) is 30.0 Å². The van der Waals surface area contributed by atoms with Gasteiger partial charge in [-0.15, -0.1) is 0 Å². The topological polar surface area (TPSA) is 70.0 Å². The first-order chi connectivity index (χ1) is 12.4. The van der Waals surface area contributed by atoms with E-state index in [4.69, 9.17) is 4.74 Å². The second-order valence-corrected chi connectivity index (χ2v) is 6.57. The first kappa shape index (κ1) is 18.4. The second kappa shape index (κ2) is 7.43. The van der Waals surface area contributed by atoms with Gasteiger partial charge in [0.05, 0.1) is 12.7 Å². The van der Waals surface area contributed by atoms with E-state index < -0.39 is 23.4 Å². The normalized spacial score (nSPS) is 18.3. The van der Waals surface area contributed by atoms with Gasteiger partial charge < -0.3 is 14.9 Å². The highest BCUT2D eigenvalue weighted by molar-refractivity contribution is 5.75. The maximum Gasteiger partial charge on any atom is 0.325 e. The summed E-state index contributed by atoms with van der Waals surface area (Å²) in [4.78, 5) is 13.6. The van der Waals surface area contributed by atoms with E-state index in [2.05, 4.69) is 0 Å². The van der Waals surface area contributed by atoms with Crippen molar-refractivity contribution in [3.8, 4) is 5.75 Å². The van der Waals surface area contributed by atoms with Crippen LogP contribution < -0.4 is 4.74 Å². The van der Waals surface area contributed by atoms with Crippen molar-refractivity contribution in [2.75, 3.05) is 20.2 Å².